The summed E-state index contributed by atoms with van der Waals surface area (Å²) < 4.78 is 0. The van der Waals surface area contributed by atoms with Crippen molar-refractivity contribution in [2.75, 3.05) is 0 Å². The van der Waals surface area contributed by atoms with Crippen LogP contribution in [-0.2, 0) is 0 Å². The van der Waals surface area contributed by atoms with E-state index in [4.69, 9.17) is 0 Å². The van der Waals surface area contributed by atoms with Gasteiger partial charge in [0.2, 0.25) is 0 Å². The molecule has 0 amide bonds. The smallest absolute Gasteiger partial charge is 0.0540 e. The Morgan fingerprint density at radius 2 is 1.60 bits per heavy atom. The van der Waals surface area contributed by atoms with Crippen LogP contribution in [0, 0.1) is 0 Å². The van der Waals surface area contributed by atoms with Gasteiger partial charge in [-0.25, -0.2) is 0 Å². The molecule has 15 heavy (non-hydrogen) atoms. The van der Waals surface area contributed by atoms with E-state index in [1.807, 2.05) is 6.08 Å². The monoisotopic (exact) mass is 212 g/mol. The molecule has 1 atom stereocenters. The van der Waals surface area contributed by atoms with Gasteiger partial charge in [0.05, 0.1) is 6.10 Å². The first-order valence-corrected chi connectivity index (χ1v) is 6.60. The Balaban J connectivity index is 3.01. The second kappa shape index (κ2) is 11.8. The van der Waals surface area contributed by atoms with E-state index >= 15 is 0 Å². The van der Waals surface area contributed by atoms with Gasteiger partial charge in [0.15, 0.2) is 0 Å². The number of hydrogen-bond donors (Lipinski definition) is 1. The molecule has 1 heteroatoms. The molecule has 1 N–H and O–H groups in total. The lowest BCUT2D eigenvalue weighted by molar-refractivity contribution is 0.150. The number of allylic oxidation sites excluding steroid dienone is 1. The van der Waals surface area contributed by atoms with Crippen LogP contribution < -0.4 is 0 Å². The third-order valence-corrected chi connectivity index (χ3v) is 2.82. The van der Waals surface area contributed by atoms with Crippen LogP contribution in [-0.4, -0.2) is 11.2 Å². The molecular formula is C14H28O. The highest BCUT2D eigenvalue weighted by molar-refractivity contribution is 4.65. The zero-order chi connectivity index (χ0) is 11.4. The van der Waals surface area contributed by atoms with E-state index in [1.54, 1.807) is 0 Å². The van der Waals surface area contributed by atoms with Crippen LogP contribution in [0.4, 0.5) is 0 Å². The maximum atomic E-state index is 9.51. The summed E-state index contributed by atoms with van der Waals surface area (Å²) in [7, 11) is 0. The predicted octanol–water partition coefficient (Wildman–Crippen LogP) is 4.45. The largest absolute Gasteiger partial charge is 0.393 e. The van der Waals surface area contributed by atoms with E-state index < -0.39 is 0 Å². The van der Waals surface area contributed by atoms with E-state index in [2.05, 4.69) is 13.5 Å². The molecule has 0 radical (unpaired) electrons. The van der Waals surface area contributed by atoms with Crippen molar-refractivity contribution in [3.8, 4) is 0 Å². The molecule has 0 aromatic rings. The second-order valence-corrected chi connectivity index (χ2v) is 4.43. The Kier molecular flexibility index (Phi) is 11.5. The quantitative estimate of drug-likeness (QED) is 0.396. The van der Waals surface area contributed by atoms with E-state index in [0.717, 1.165) is 25.7 Å². The summed E-state index contributed by atoms with van der Waals surface area (Å²) in [5.74, 6) is 0. The van der Waals surface area contributed by atoms with Crippen molar-refractivity contribution in [3.63, 3.8) is 0 Å². The molecule has 0 fully saturated rings. The molecule has 0 rings (SSSR count). The van der Waals surface area contributed by atoms with Gasteiger partial charge in [-0.1, -0.05) is 51.5 Å². The molecule has 0 saturated heterocycles. The summed E-state index contributed by atoms with van der Waals surface area (Å²) in [6, 6.07) is 0. The van der Waals surface area contributed by atoms with Crippen LogP contribution in [0.5, 0.6) is 0 Å². The van der Waals surface area contributed by atoms with Crippen LogP contribution in [0.15, 0.2) is 12.7 Å². The Hall–Kier alpha value is -0.300. The fraction of sp³-hybridized carbons (Fsp3) is 0.857. The van der Waals surface area contributed by atoms with Gasteiger partial charge in [-0.05, 0) is 25.7 Å². The molecule has 0 aliphatic rings. The number of aliphatic hydroxyl groups is 1. The SMILES string of the molecule is C=CCCCCCCCCC(O)CCC. The molecule has 0 bridgehead atoms. The molecule has 90 valence electrons. The van der Waals surface area contributed by atoms with Crippen molar-refractivity contribution in [3.05, 3.63) is 12.7 Å². The lowest BCUT2D eigenvalue weighted by Crippen LogP contribution is -2.04. The highest BCUT2D eigenvalue weighted by atomic mass is 16.3. The lowest BCUT2D eigenvalue weighted by atomic mass is 10.0. The number of unbranched alkanes of at least 4 members (excludes halogenated alkanes) is 6. The molecule has 0 heterocycles. The molecule has 0 saturated carbocycles. The average molecular weight is 212 g/mol. The average Bonchev–Trinajstić information content (AvgIpc) is 2.22. The summed E-state index contributed by atoms with van der Waals surface area (Å²) in [6.07, 6.45) is 14.0. The van der Waals surface area contributed by atoms with Gasteiger partial charge in [0.25, 0.3) is 0 Å². The Morgan fingerprint density at radius 3 is 2.20 bits per heavy atom. The van der Waals surface area contributed by atoms with E-state index in [0.29, 0.717) is 0 Å². The fourth-order valence-electron chi connectivity index (χ4n) is 1.85. The fourth-order valence-corrected chi connectivity index (χ4v) is 1.85. The third kappa shape index (κ3) is 11.6. The van der Waals surface area contributed by atoms with Gasteiger partial charge in [0.1, 0.15) is 0 Å². The normalized spacial score (nSPS) is 12.7. The van der Waals surface area contributed by atoms with Crippen LogP contribution in [0.25, 0.3) is 0 Å². The summed E-state index contributed by atoms with van der Waals surface area (Å²) in [6.45, 7) is 5.84. The molecule has 0 spiro atoms. The highest BCUT2D eigenvalue weighted by Crippen LogP contribution is 2.11. The van der Waals surface area contributed by atoms with Crippen LogP contribution in [0.3, 0.4) is 0 Å². The molecule has 1 unspecified atom stereocenters. The van der Waals surface area contributed by atoms with Gasteiger partial charge in [-0.2, -0.15) is 0 Å². The van der Waals surface area contributed by atoms with Crippen molar-refractivity contribution in [2.24, 2.45) is 0 Å². The molecule has 1 nitrogen and oxygen atoms in total. The number of rotatable bonds is 11. The number of aliphatic hydroxyl groups excluding tert-OH is 1. The molecule has 0 aliphatic heterocycles. The topological polar surface area (TPSA) is 20.2 Å². The Morgan fingerprint density at radius 1 is 1.00 bits per heavy atom. The van der Waals surface area contributed by atoms with E-state index in [-0.39, 0.29) is 6.10 Å². The number of hydrogen-bond acceptors (Lipinski definition) is 1. The van der Waals surface area contributed by atoms with Crippen molar-refractivity contribution >= 4 is 0 Å². The zero-order valence-electron chi connectivity index (χ0n) is 10.4. The highest BCUT2D eigenvalue weighted by Gasteiger charge is 2.01. The summed E-state index contributed by atoms with van der Waals surface area (Å²) in [5.41, 5.74) is 0. The summed E-state index contributed by atoms with van der Waals surface area (Å²) >= 11 is 0. The van der Waals surface area contributed by atoms with E-state index in [9.17, 15) is 5.11 Å². The first-order chi connectivity index (χ1) is 7.31. The van der Waals surface area contributed by atoms with Gasteiger partial charge >= 0.3 is 0 Å². The maximum absolute atomic E-state index is 9.51. The standard InChI is InChI=1S/C14H28O/c1-3-5-6-7-8-9-10-11-13-14(15)12-4-2/h3,14-15H,1,4-13H2,2H3. The summed E-state index contributed by atoms with van der Waals surface area (Å²) in [4.78, 5) is 0. The van der Waals surface area contributed by atoms with Gasteiger partial charge < -0.3 is 5.11 Å². The minimum atomic E-state index is -0.0456. The first kappa shape index (κ1) is 14.7. The van der Waals surface area contributed by atoms with Gasteiger partial charge in [0, 0.05) is 0 Å². The lowest BCUT2D eigenvalue weighted by Gasteiger charge is -2.08. The van der Waals surface area contributed by atoms with Crippen LogP contribution >= 0.6 is 0 Å². The van der Waals surface area contributed by atoms with Gasteiger partial charge in [-0.3, -0.25) is 0 Å². The third-order valence-electron chi connectivity index (χ3n) is 2.82. The first-order valence-electron chi connectivity index (χ1n) is 6.60. The minimum Gasteiger partial charge on any atom is -0.393 e. The Labute approximate surface area is 95.6 Å². The second-order valence-electron chi connectivity index (χ2n) is 4.43. The van der Waals surface area contributed by atoms with Crippen molar-refractivity contribution < 1.29 is 5.11 Å². The summed E-state index contributed by atoms with van der Waals surface area (Å²) in [5, 5.41) is 9.51. The van der Waals surface area contributed by atoms with Crippen LogP contribution in [0.2, 0.25) is 0 Å². The Bertz CT molecular complexity index is 131. The molecule has 0 aromatic carbocycles. The molecule has 0 aliphatic carbocycles. The minimum absolute atomic E-state index is 0.0456. The molecule has 0 aromatic heterocycles. The van der Waals surface area contributed by atoms with E-state index in [1.165, 1.54) is 38.5 Å². The molecular weight excluding hydrogens is 184 g/mol. The van der Waals surface area contributed by atoms with Gasteiger partial charge in [-0.15, -0.1) is 6.58 Å². The van der Waals surface area contributed by atoms with Crippen molar-refractivity contribution in [2.45, 2.75) is 77.2 Å². The maximum Gasteiger partial charge on any atom is 0.0540 e. The van der Waals surface area contributed by atoms with Crippen LogP contribution in [0.1, 0.15) is 71.1 Å². The van der Waals surface area contributed by atoms with Crippen molar-refractivity contribution in [1.82, 2.24) is 0 Å². The predicted molar refractivity (Wildman–Crippen MR) is 68.0 cm³/mol. The van der Waals surface area contributed by atoms with Crippen molar-refractivity contribution in [1.29, 1.82) is 0 Å². The zero-order valence-corrected chi connectivity index (χ0v) is 10.4.